The van der Waals surface area contributed by atoms with Crippen LogP contribution in [0.3, 0.4) is 0 Å². The van der Waals surface area contributed by atoms with E-state index in [1.165, 1.54) is 10.2 Å². The number of hydrogen-bond donors (Lipinski definition) is 3. The summed E-state index contributed by atoms with van der Waals surface area (Å²) in [6.07, 6.45) is 6.26. The quantitative estimate of drug-likeness (QED) is 0.329. The number of aliphatic hydroxyl groups is 1. The van der Waals surface area contributed by atoms with Gasteiger partial charge in [0.05, 0.1) is 15.9 Å². The first-order valence-corrected chi connectivity index (χ1v) is 15.0. The van der Waals surface area contributed by atoms with Crippen molar-refractivity contribution >= 4 is 38.6 Å². The second kappa shape index (κ2) is 8.53. The molecule has 11 heteroatoms. The van der Waals surface area contributed by atoms with Gasteiger partial charge in [0.1, 0.15) is 5.82 Å². The molecular weight excluding hydrogens is 514 g/mol. The minimum atomic E-state index is -3.89. The summed E-state index contributed by atoms with van der Waals surface area (Å²) in [6, 6.07) is 10.6. The van der Waals surface area contributed by atoms with Crippen molar-refractivity contribution in [2.75, 3.05) is 17.3 Å². The number of nitrogens with zero attached hydrogens (tertiary/aromatic N) is 5. The number of nitrogens with one attached hydrogen (secondary N) is 2. The Morgan fingerprint density at radius 3 is 2.44 bits per heavy atom. The average Bonchev–Trinajstić information content (AvgIpc) is 3.49. The van der Waals surface area contributed by atoms with Crippen LogP contribution in [0.15, 0.2) is 47.5 Å². The van der Waals surface area contributed by atoms with Crippen LogP contribution in [0.5, 0.6) is 0 Å². The van der Waals surface area contributed by atoms with E-state index in [-0.39, 0.29) is 10.9 Å². The Kier molecular flexibility index (Phi) is 5.38. The second-order valence-corrected chi connectivity index (χ2v) is 13.7. The molecule has 0 radical (unpaired) electrons. The topological polar surface area (TPSA) is 129 Å². The number of aryl methyl sites for hydroxylation is 2. The van der Waals surface area contributed by atoms with Gasteiger partial charge in [-0.25, -0.2) is 12.4 Å². The van der Waals surface area contributed by atoms with E-state index in [1.54, 1.807) is 30.3 Å². The number of benzene rings is 1. The highest BCUT2D eigenvalue weighted by molar-refractivity contribution is 7.90. The molecule has 0 aliphatic heterocycles. The van der Waals surface area contributed by atoms with Gasteiger partial charge in [-0.3, -0.25) is 5.10 Å². The van der Waals surface area contributed by atoms with Crippen LogP contribution in [0.4, 0.5) is 17.6 Å². The highest BCUT2D eigenvalue weighted by Gasteiger charge is 2.56. The number of aromatic nitrogens is 5. The maximum absolute atomic E-state index is 13.7. The molecule has 4 aromatic rings. The fourth-order valence-corrected chi connectivity index (χ4v) is 8.87. The zero-order valence-electron chi connectivity index (χ0n) is 22.3. The first kappa shape index (κ1) is 24.6. The Morgan fingerprint density at radius 2 is 1.79 bits per heavy atom. The maximum atomic E-state index is 13.7. The van der Waals surface area contributed by atoms with Gasteiger partial charge in [-0.05, 0) is 81.9 Å². The molecule has 4 aliphatic rings. The van der Waals surface area contributed by atoms with E-state index in [1.807, 2.05) is 27.0 Å². The smallest absolute Gasteiger partial charge is 0.269 e. The van der Waals surface area contributed by atoms with Crippen LogP contribution >= 0.6 is 0 Å². The minimum absolute atomic E-state index is 0.192. The molecule has 3 heterocycles. The van der Waals surface area contributed by atoms with Gasteiger partial charge in [0.25, 0.3) is 10.0 Å². The third-order valence-electron chi connectivity index (χ3n) is 8.98. The van der Waals surface area contributed by atoms with E-state index in [0.29, 0.717) is 46.4 Å². The van der Waals surface area contributed by atoms with Crippen LogP contribution in [0.2, 0.25) is 0 Å². The summed E-state index contributed by atoms with van der Waals surface area (Å²) >= 11 is 0. The standard InChI is InChI=1S/C28H33N7O3S/c1-16-4-6-21(7-5-16)39(37,38)35-9-8-22-25(29-23-10-17(2)32-33-23)30-27(31-26(22)35)34(3)24-19-11-18-12-20(24)15-28(36,13-18)14-19/h4-10,18-20,24,36H,11-15H2,1-3H3,(H2,29,30,31,32,33). The Morgan fingerprint density at radius 1 is 1.08 bits per heavy atom. The SMILES string of the molecule is Cc1ccc(S(=O)(=O)n2ccc3c(Nc4cc(C)[nH]n4)nc(N(C)C4C5CC6CC4CC(O)(C6)C5)nc32)cc1. The zero-order chi connectivity index (χ0) is 27.1. The van der Waals surface area contributed by atoms with Gasteiger partial charge in [0.2, 0.25) is 5.95 Å². The number of rotatable bonds is 6. The fourth-order valence-electron chi connectivity index (χ4n) is 7.57. The second-order valence-electron chi connectivity index (χ2n) is 11.9. The summed E-state index contributed by atoms with van der Waals surface area (Å²) < 4.78 is 28.7. The average molecular weight is 548 g/mol. The third-order valence-corrected chi connectivity index (χ3v) is 10.7. The molecule has 4 aliphatic carbocycles. The summed E-state index contributed by atoms with van der Waals surface area (Å²) in [5, 5.41) is 22.2. The van der Waals surface area contributed by atoms with E-state index < -0.39 is 15.6 Å². The molecule has 0 spiro atoms. The molecule has 10 nitrogen and oxygen atoms in total. The molecule has 4 fully saturated rings. The van der Waals surface area contributed by atoms with E-state index in [0.717, 1.165) is 43.4 Å². The monoisotopic (exact) mass is 547 g/mol. The largest absolute Gasteiger partial charge is 0.390 e. The van der Waals surface area contributed by atoms with Crippen molar-refractivity contribution < 1.29 is 13.5 Å². The van der Waals surface area contributed by atoms with Crippen molar-refractivity contribution in [1.29, 1.82) is 0 Å². The molecule has 8 rings (SSSR count). The lowest BCUT2D eigenvalue weighted by molar-refractivity contribution is -0.133. The Balaban J connectivity index is 1.34. The van der Waals surface area contributed by atoms with Crippen molar-refractivity contribution in [2.24, 2.45) is 17.8 Å². The van der Waals surface area contributed by atoms with Gasteiger partial charge in [-0.1, -0.05) is 17.7 Å². The lowest BCUT2D eigenvalue weighted by Crippen LogP contribution is -2.61. The summed E-state index contributed by atoms with van der Waals surface area (Å²) in [6.45, 7) is 3.84. The molecule has 0 amide bonds. The summed E-state index contributed by atoms with van der Waals surface area (Å²) in [5.41, 5.74) is 1.65. The maximum Gasteiger partial charge on any atom is 0.269 e. The van der Waals surface area contributed by atoms with Crippen LogP contribution in [-0.2, 0) is 10.0 Å². The molecule has 1 aromatic carbocycles. The van der Waals surface area contributed by atoms with Gasteiger partial charge in [0.15, 0.2) is 11.5 Å². The van der Waals surface area contributed by atoms with Crippen molar-refractivity contribution in [3.05, 3.63) is 53.9 Å². The first-order chi connectivity index (χ1) is 18.6. The molecule has 2 unspecified atom stereocenters. The van der Waals surface area contributed by atoms with Crippen LogP contribution in [0.1, 0.15) is 43.4 Å². The predicted molar refractivity (Wildman–Crippen MR) is 149 cm³/mol. The molecule has 204 valence electrons. The Labute approximate surface area is 227 Å². The number of fused-ring (bicyclic) bond motifs is 1. The predicted octanol–water partition coefficient (Wildman–Crippen LogP) is 4.13. The number of hydrogen-bond acceptors (Lipinski definition) is 8. The summed E-state index contributed by atoms with van der Waals surface area (Å²) in [7, 11) is -1.89. The highest BCUT2D eigenvalue weighted by atomic mass is 32.2. The van der Waals surface area contributed by atoms with Gasteiger partial charge < -0.3 is 15.3 Å². The lowest BCUT2D eigenvalue weighted by atomic mass is 9.52. The minimum Gasteiger partial charge on any atom is -0.390 e. The first-order valence-electron chi connectivity index (χ1n) is 13.6. The fraction of sp³-hybridized carbons (Fsp3) is 0.464. The Hall–Kier alpha value is -3.44. The molecule has 4 bridgehead atoms. The van der Waals surface area contributed by atoms with Gasteiger partial charge in [-0.2, -0.15) is 15.1 Å². The molecule has 2 atom stereocenters. The normalized spacial score (nSPS) is 27.8. The van der Waals surface area contributed by atoms with Crippen molar-refractivity contribution in [3.63, 3.8) is 0 Å². The summed E-state index contributed by atoms with van der Waals surface area (Å²) in [5.74, 6) is 2.84. The van der Waals surface area contributed by atoms with Crippen LogP contribution in [0, 0.1) is 31.6 Å². The molecule has 4 saturated carbocycles. The van der Waals surface area contributed by atoms with E-state index >= 15 is 0 Å². The van der Waals surface area contributed by atoms with E-state index in [2.05, 4.69) is 20.4 Å². The molecule has 39 heavy (non-hydrogen) atoms. The molecular formula is C28H33N7O3S. The van der Waals surface area contributed by atoms with E-state index in [9.17, 15) is 13.5 Å². The van der Waals surface area contributed by atoms with Crippen LogP contribution in [0.25, 0.3) is 11.0 Å². The zero-order valence-corrected chi connectivity index (χ0v) is 23.1. The van der Waals surface area contributed by atoms with Crippen LogP contribution < -0.4 is 10.2 Å². The molecule has 3 aromatic heterocycles. The van der Waals surface area contributed by atoms with Crippen LogP contribution in [-0.4, -0.2) is 56.4 Å². The lowest BCUT2D eigenvalue weighted by Gasteiger charge is -2.59. The molecule has 3 N–H and O–H groups in total. The van der Waals surface area contributed by atoms with Gasteiger partial charge >= 0.3 is 0 Å². The third kappa shape index (κ3) is 4.01. The van der Waals surface area contributed by atoms with Crippen molar-refractivity contribution in [3.8, 4) is 0 Å². The van der Waals surface area contributed by atoms with Crippen molar-refractivity contribution in [1.82, 2.24) is 24.1 Å². The van der Waals surface area contributed by atoms with E-state index in [4.69, 9.17) is 9.97 Å². The van der Waals surface area contributed by atoms with Crippen molar-refractivity contribution in [2.45, 2.75) is 62.5 Å². The number of aromatic amines is 1. The Bertz CT molecular complexity index is 1660. The number of anilines is 3. The molecule has 0 saturated heterocycles. The number of H-pyrrole nitrogens is 1. The summed E-state index contributed by atoms with van der Waals surface area (Å²) in [4.78, 5) is 12.1. The highest BCUT2D eigenvalue weighted by Crippen LogP contribution is 2.57. The van der Waals surface area contributed by atoms with Gasteiger partial charge in [0, 0.05) is 31.0 Å². The van der Waals surface area contributed by atoms with Gasteiger partial charge in [-0.15, -0.1) is 0 Å².